The summed E-state index contributed by atoms with van der Waals surface area (Å²) in [5.41, 5.74) is 1.24. The number of thiazole rings is 1. The minimum absolute atomic E-state index is 0.0159. The smallest absolute Gasteiger partial charge is 0.273 e. The van der Waals surface area contributed by atoms with Crippen LogP contribution in [0.15, 0.2) is 22.7 Å². The van der Waals surface area contributed by atoms with Gasteiger partial charge >= 0.3 is 0 Å². The van der Waals surface area contributed by atoms with E-state index in [9.17, 15) is 9.59 Å². The maximum atomic E-state index is 12.4. The zero-order valence-electron chi connectivity index (χ0n) is 13.4. The molecular formula is C16H20N4O2S. The molecule has 0 atom stereocenters. The summed E-state index contributed by atoms with van der Waals surface area (Å²) in [4.78, 5) is 34.7. The summed E-state index contributed by atoms with van der Waals surface area (Å²) in [5, 5.41) is 2.73. The molecule has 0 bridgehead atoms. The first kappa shape index (κ1) is 15.9. The Kier molecular flexibility index (Phi) is 4.56. The molecule has 2 aromatic rings. The minimum atomic E-state index is 0.0159. The molecule has 0 saturated carbocycles. The van der Waals surface area contributed by atoms with Crippen molar-refractivity contribution in [3.05, 3.63) is 44.5 Å². The van der Waals surface area contributed by atoms with Gasteiger partial charge < -0.3 is 4.90 Å². The topological polar surface area (TPSA) is 68.1 Å². The summed E-state index contributed by atoms with van der Waals surface area (Å²) in [7, 11) is 0. The molecule has 1 fully saturated rings. The van der Waals surface area contributed by atoms with E-state index in [0.29, 0.717) is 36.8 Å². The molecule has 1 aliphatic rings. The number of piperidine rings is 1. The van der Waals surface area contributed by atoms with Crippen molar-refractivity contribution in [1.29, 1.82) is 0 Å². The number of carbonyl (C=O) groups is 1. The van der Waals surface area contributed by atoms with Gasteiger partial charge in [0.05, 0.1) is 11.3 Å². The van der Waals surface area contributed by atoms with Gasteiger partial charge in [-0.2, -0.15) is 0 Å². The predicted molar refractivity (Wildman–Crippen MR) is 88.7 cm³/mol. The molecule has 1 saturated heterocycles. The number of likely N-dealkylation sites (tertiary alicyclic amines) is 1. The Balaban J connectivity index is 1.59. The molecule has 7 heteroatoms. The molecule has 1 aliphatic heterocycles. The van der Waals surface area contributed by atoms with Gasteiger partial charge in [0, 0.05) is 36.8 Å². The second-order valence-electron chi connectivity index (χ2n) is 6.02. The summed E-state index contributed by atoms with van der Waals surface area (Å²) in [6.45, 7) is 5.79. The van der Waals surface area contributed by atoms with Gasteiger partial charge in [-0.25, -0.2) is 9.97 Å². The van der Waals surface area contributed by atoms with Crippen molar-refractivity contribution in [1.82, 2.24) is 19.4 Å². The van der Waals surface area contributed by atoms with Crippen LogP contribution in [0.25, 0.3) is 0 Å². The van der Waals surface area contributed by atoms with Gasteiger partial charge in [-0.3, -0.25) is 14.2 Å². The number of aryl methyl sites for hydroxylation is 2. The van der Waals surface area contributed by atoms with Crippen LogP contribution in [0.4, 0.5) is 0 Å². The summed E-state index contributed by atoms with van der Waals surface area (Å²) in [5.74, 6) is 0.416. The van der Waals surface area contributed by atoms with Crippen molar-refractivity contribution in [3.8, 4) is 0 Å². The molecule has 3 rings (SSSR count). The zero-order chi connectivity index (χ0) is 16.4. The molecule has 1 amide bonds. The van der Waals surface area contributed by atoms with Crippen molar-refractivity contribution in [2.45, 2.75) is 33.2 Å². The molecule has 0 aromatic carbocycles. The van der Waals surface area contributed by atoms with Crippen molar-refractivity contribution in [2.24, 2.45) is 5.92 Å². The maximum absolute atomic E-state index is 12.4. The van der Waals surface area contributed by atoms with Crippen molar-refractivity contribution in [3.63, 3.8) is 0 Å². The molecule has 2 aromatic heterocycles. The molecule has 6 nitrogen and oxygen atoms in total. The molecule has 0 unspecified atom stereocenters. The fourth-order valence-corrected chi connectivity index (χ4v) is 3.50. The first-order chi connectivity index (χ1) is 11.0. The quantitative estimate of drug-likeness (QED) is 0.860. The number of aromatic nitrogens is 3. The van der Waals surface area contributed by atoms with Gasteiger partial charge in [0.25, 0.3) is 11.5 Å². The Morgan fingerprint density at radius 2 is 2.09 bits per heavy atom. The molecule has 0 radical (unpaired) electrons. The van der Waals surface area contributed by atoms with E-state index >= 15 is 0 Å². The van der Waals surface area contributed by atoms with E-state index in [1.54, 1.807) is 24.0 Å². The third-order valence-corrected chi connectivity index (χ3v) is 5.04. The van der Waals surface area contributed by atoms with Crippen molar-refractivity contribution < 1.29 is 4.79 Å². The number of amides is 1. The second-order valence-corrected chi connectivity index (χ2v) is 7.08. The SMILES string of the molecule is Cc1nc(C(=O)N2CCC(Cn3cncc(C)c3=O)CC2)cs1. The lowest BCUT2D eigenvalue weighted by Crippen LogP contribution is -2.40. The fraction of sp³-hybridized carbons (Fsp3) is 0.500. The maximum Gasteiger partial charge on any atom is 0.273 e. The third kappa shape index (κ3) is 3.50. The lowest BCUT2D eigenvalue weighted by molar-refractivity contribution is 0.0677. The van der Waals surface area contributed by atoms with E-state index in [1.807, 2.05) is 17.2 Å². The highest BCUT2D eigenvalue weighted by Crippen LogP contribution is 2.20. The summed E-state index contributed by atoms with van der Waals surface area (Å²) in [6.07, 6.45) is 4.99. The minimum Gasteiger partial charge on any atom is -0.337 e. The van der Waals surface area contributed by atoms with Crippen LogP contribution in [-0.4, -0.2) is 38.4 Å². The lowest BCUT2D eigenvalue weighted by Gasteiger charge is -2.31. The van der Waals surface area contributed by atoms with E-state index in [2.05, 4.69) is 9.97 Å². The first-order valence-corrected chi connectivity index (χ1v) is 8.65. The van der Waals surface area contributed by atoms with Crippen LogP contribution >= 0.6 is 11.3 Å². The Bertz CT molecular complexity index is 759. The summed E-state index contributed by atoms with van der Waals surface area (Å²) in [6, 6.07) is 0. The van der Waals surface area contributed by atoms with E-state index in [0.717, 1.165) is 17.8 Å². The number of hydrogen-bond acceptors (Lipinski definition) is 5. The molecule has 23 heavy (non-hydrogen) atoms. The van der Waals surface area contributed by atoms with Gasteiger partial charge in [-0.05, 0) is 32.6 Å². The van der Waals surface area contributed by atoms with Gasteiger partial charge in [-0.1, -0.05) is 0 Å². The Labute approximate surface area is 138 Å². The average molecular weight is 332 g/mol. The van der Waals surface area contributed by atoms with Crippen LogP contribution in [0.3, 0.4) is 0 Å². The Morgan fingerprint density at radius 3 is 2.74 bits per heavy atom. The molecular weight excluding hydrogens is 312 g/mol. The van der Waals surface area contributed by atoms with E-state index in [4.69, 9.17) is 0 Å². The highest BCUT2D eigenvalue weighted by atomic mass is 32.1. The molecule has 0 N–H and O–H groups in total. The van der Waals surface area contributed by atoms with E-state index in [-0.39, 0.29) is 11.5 Å². The summed E-state index contributed by atoms with van der Waals surface area (Å²) < 4.78 is 1.68. The van der Waals surface area contributed by atoms with E-state index < -0.39 is 0 Å². The van der Waals surface area contributed by atoms with Crippen LogP contribution < -0.4 is 5.56 Å². The Hall–Kier alpha value is -2.02. The largest absolute Gasteiger partial charge is 0.337 e. The average Bonchev–Trinajstić information content (AvgIpc) is 2.98. The number of nitrogens with zero attached hydrogens (tertiary/aromatic N) is 4. The van der Waals surface area contributed by atoms with Crippen LogP contribution in [0, 0.1) is 19.8 Å². The third-order valence-electron chi connectivity index (χ3n) is 4.27. The first-order valence-electron chi connectivity index (χ1n) is 7.77. The predicted octanol–water partition coefficient (Wildman–Crippen LogP) is 1.87. The molecule has 0 spiro atoms. The number of rotatable bonds is 3. The fourth-order valence-electron chi connectivity index (χ4n) is 2.91. The van der Waals surface area contributed by atoms with Crippen LogP contribution in [-0.2, 0) is 6.54 Å². The lowest BCUT2D eigenvalue weighted by atomic mass is 9.96. The van der Waals surface area contributed by atoms with Crippen molar-refractivity contribution in [2.75, 3.05) is 13.1 Å². The molecule has 0 aliphatic carbocycles. The normalized spacial score (nSPS) is 15.8. The van der Waals surface area contributed by atoms with Crippen LogP contribution in [0.2, 0.25) is 0 Å². The van der Waals surface area contributed by atoms with Gasteiger partial charge in [0.15, 0.2) is 0 Å². The van der Waals surface area contributed by atoms with Gasteiger partial charge in [0.2, 0.25) is 0 Å². The summed E-state index contributed by atoms with van der Waals surface area (Å²) >= 11 is 1.50. The molecule has 122 valence electrons. The molecule has 3 heterocycles. The second kappa shape index (κ2) is 6.62. The van der Waals surface area contributed by atoms with Crippen LogP contribution in [0.5, 0.6) is 0 Å². The highest BCUT2D eigenvalue weighted by molar-refractivity contribution is 7.09. The monoisotopic (exact) mass is 332 g/mol. The van der Waals surface area contributed by atoms with Gasteiger partial charge in [-0.15, -0.1) is 11.3 Å². The van der Waals surface area contributed by atoms with Gasteiger partial charge in [0.1, 0.15) is 5.69 Å². The zero-order valence-corrected chi connectivity index (χ0v) is 14.2. The Morgan fingerprint density at radius 1 is 1.35 bits per heavy atom. The van der Waals surface area contributed by atoms with E-state index in [1.165, 1.54) is 11.3 Å². The highest BCUT2D eigenvalue weighted by Gasteiger charge is 2.25. The van der Waals surface area contributed by atoms with Crippen molar-refractivity contribution >= 4 is 17.2 Å². The number of carbonyl (C=O) groups excluding carboxylic acids is 1. The number of hydrogen-bond donors (Lipinski definition) is 0. The van der Waals surface area contributed by atoms with Crippen LogP contribution in [0.1, 0.15) is 33.9 Å². The standard InChI is InChI=1S/C16H20N4O2S/c1-11-7-17-10-20(15(11)21)8-13-3-5-19(6-4-13)16(22)14-9-23-12(2)18-14/h7,9-10,13H,3-6,8H2,1-2H3.